The number of nitrogens with one attached hydrogen (secondary N) is 1. The van der Waals surface area contributed by atoms with E-state index in [0.717, 1.165) is 42.8 Å². The summed E-state index contributed by atoms with van der Waals surface area (Å²) in [5, 5.41) is 3.95. The number of aromatic nitrogens is 1. The second-order valence-corrected chi connectivity index (χ2v) is 6.57. The minimum absolute atomic E-state index is 0.0372. The van der Waals surface area contributed by atoms with Crippen molar-refractivity contribution in [1.29, 1.82) is 0 Å². The normalized spacial score (nSPS) is 16.7. The SMILES string of the molecule is Cc1cc(=O)n(CC(=O)NC[C@@H](C)N2CCOCC2)c2ccccc12. The molecule has 1 fully saturated rings. The Bertz CT molecular complexity index is 809. The molecule has 1 aromatic heterocycles. The highest BCUT2D eigenvalue weighted by molar-refractivity contribution is 5.84. The van der Waals surface area contributed by atoms with Crippen molar-refractivity contribution in [2.45, 2.75) is 26.4 Å². The molecule has 1 saturated heterocycles. The topological polar surface area (TPSA) is 63.6 Å². The van der Waals surface area contributed by atoms with Crippen LogP contribution in [-0.2, 0) is 16.1 Å². The molecule has 6 heteroatoms. The second kappa shape index (κ2) is 7.80. The predicted molar refractivity (Wildman–Crippen MR) is 97.8 cm³/mol. The highest BCUT2D eigenvalue weighted by Crippen LogP contribution is 2.15. The maximum atomic E-state index is 12.4. The van der Waals surface area contributed by atoms with E-state index in [2.05, 4.69) is 17.1 Å². The molecule has 0 bridgehead atoms. The summed E-state index contributed by atoms with van der Waals surface area (Å²) in [6, 6.07) is 9.52. The van der Waals surface area contributed by atoms with E-state index in [1.54, 1.807) is 6.07 Å². The van der Waals surface area contributed by atoms with Gasteiger partial charge in [-0.15, -0.1) is 0 Å². The summed E-state index contributed by atoms with van der Waals surface area (Å²) in [5.41, 5.74) is 1.58. The number of benzene rings is 1. The number of hydrogen-bond acceptors (Lipinski definition) is 4. The summed E-state index contributed by atoms with van der Waals surface area (Å²) in [6.45, 7) is 7.87. The molecule has 1 aliphatic rings. The molecule has 0 unspecified atom stereocenters. The van der Waals surface area contributed by atoms with Crippen LogP contribution in [0.15, 0.2) is 35.1 Å². The molecule has 134 valence electrons. The van der Waals surface area contributed by atoms with Crippen LogP contribution in [0.4, 0.5) is 0 Å². The molecule has 2 aromatic rings. The summed E-state index contributed by atoms with van der Waals surface area (Å²) in [6.07, 6.45) is 0. The molecule has 0 saturated carbocycles. The van der Waals surface area contributed by atoms with E-state index in [-0.39, 0.29) is 24.1 Å². The third-order valence-corrected chi connectivity index (χ3v) is 4.79. The van der Waals surface area contributed by atoms with Gasteiger partial charge in [0.15, 0.2) is 0 Å². The Labute approximate surface area is 147 Å². The van der Waals surface area contributed by atoms with Gasteiger partial charge in [-0.25, -0.2) is 0 Å². The third kappa shape index (κ3) is 4.08. The van der Waals surface area contributed by atoms with E-state index in [9.17, 15) is 9.59 Å². The van der Waals surface area contributed by atoms with Crippen LogP contribution in [0.3, 0.4) is 0 Å². The number of hydrogen-bond donors (Lipinski definition) is 1. The zero-order valence-corrected chi connectivity index (χ0v) is 14.8. The largest absolute Gasteiger partial charge is 0.379 e. The van der Waals surface area contributed by atoms with Crippen molar-refractivity contribution in [3.63, 3.8) is 0 Å². The highest BCUT2D eigenvalue weighted by Gasteiger charge is 2.18. The average molecular weight is 343 g/mol. The number of fused-ring (bicyclic) bond motifs is 1. The van der Waals surface area contributed by atoms with Crippen LogP contribution in [0, 0.1) is 6.92 Å². The highest BCUT2D eigenvalue weighted by atomic mass is 16.5. The molecular weight excluding hydrogens is 318 g/mol. The fraction of sp³-hybridized carbons (Fsp3) is 0.474. The average Bonchev–Trinajstić information content (AvgIpc) is 2.64. The minimum atomic E-state index is -0.146. The van der Waals surface area contributed by atoms with Crippen molar-refractivity contribution in [1.82, 2.24) is 14.8 Å². The molecule has 25 heavy (non-hydrogen) atoms. The maximum Gasteiger partial charge on any atom is 0.251 e. The monoisotopic (exact) mass is 343 g/mol. The van der Waals surface area contributed by atoms with Gasteiger partial charge in [-0.3, -0.25) is 19.1 Å². The zero-order chi connectivity index (χ0) is 17.8. The number of amides is 1. The molecule has 0 spiro atoms. The molecular formula is C19H25N3O3. The Kier molecular flexibility index (Phi) is 5.50. The number of morpholine rings is 1. The van der Waals surface area contributed by atoms with Crippen molar-refractivity contribution in [2.75, 3.05) is 32.8 Å². The van der Waals surface area contributed by atoms with Gasteiger partial charge in [0.25, 0.3) is 5.56 Å². The van der Waals surface area contributed by atoms with Gasteiger partial charge in [0.2, 0.25) is 5.91 Å². The van der Waals surface area contributed by atoms with Crippen molar-refractivity contribution in [3.05, 3.63) is 46.2 Å². The lowest BCUT2D eigenvalue weighted by Gasteiger charge is -2.32. The van der Waals surface area contributed by atoms with Crippen LogP contribution in [0.1, 0.15) is 12.5 Å². The lowest BCUT2D eigenvalue weighted by Crippen LogP contribution is -2.47. The number of nitrogens with zero attached hydrogens (tertiary/aromatic N) is 2. The lowest BCUT2D eigenvalue weighted by molar-refractivity contribution is -0.122. The Morgan fingerprint density at radius 2 is 2.00 bits per heavy atom. The van der Waals surface area contributed by atoms with E-state index in [0.29, 0.717) is 6.54 Å². The Morgan fingerprint density at radius 3 is 2.76 bits per heavy atom. The Balaban J connectivity index is 1.67. The fourth-order valence-electron chi connectivity index (χ4n) is 3.27. The summed E-state index contributed by atoms with van der Waals surface area (Å²) in [5.74, 6) is -0.142. The first kappa shape index (κ1) is 17.6. The number of ether oxygens (including phenoxy) is 1. The van der Waals surface area contributed by atoms with Gasteiger partial charge in [0.05, 0.1) is 18.7 Å². The van der Waals surface area contributed by atoms with Crippen LogP contribution < -0.4 is 10.9 Å². The summed E-state index contributed by atoms with van der Waals surface area (Å²) >= 11 is 0. The number of rotatable bonds is 5. The molecule has 3 rings (SSSR count). The number of pyridine rings is 1. The van der Waals surface area contributed by atoms with Crippen LogP contribution >= 0.6 is 0 Å². The van der Waals surface area contributed by atoms with Crippen LogP contribution in [0.25, 0.3) is 10.9 Å². The fourth-order valence-corrected chi connectivity index (χ4v) is 3.27. The minimum Gasteiger partial charge on any atom is -0.379 e. The van der Waals surface area contributed by atoms with E-state index in [1.165, 1.54) is 4.57 Å². The van der Waals surface area contributed by atoms with E-state index < -0.39 is 0 Å². The van der Waals surface area contributed by atoms with Gasteiger partial charge < -0.3 is 10.1 Å². The third-order valence-electron chi connectivity index (χ3n) is 4.79. The predicted octanol–water partition coefficient (Wildman–Crippen LogP) is 1.15. The molecule has 1 aromatic carbocycles. The first-order valence-electron chi connectivity index (χ1n) is 8.74. The summed E-state index contributed by atoms with van der Waals surface area (Å²) in [4.78, 5) is 27.0. The van der Waals surface area contributed by atoms with Gasteiger partial charge in [0, 0.05) is 37.1 Å². The molecule has 1 amide bonds. The number of carbonyl (C=O) groups is 1. The molecule has 1 atom stereocenters. The first-order valence-corrected chi connectivity index (χ1v) is 8.74. The molecule has 0 aliphatic carbocycles. The molecule has 6 nitrogen and oxygen atoms in total. The summed E-state index contributed by atoms with van der Waals surface area (Å²) in [7, 11) is 0. The number of para-hydroxylation sites is 1. The maximum absolute atomic E-state index is 12.4. The van der Waals surface area contributed by atoms with E-state index in [4.69, 9.17) is 4.74 Å². The second-order valence-electron chi connectivity index (χ2n) is 6.57. The van der Waals surface area contributed by atoms with Crippen molar-refractivity contribution in [3.8, 4) is 0 Å². The van der Waals surface area contributed by atoms with Crippen molar-refractivity contribution < 1.29 is 9.53 Å². The van der Waals surface area contributed by atoms with Gasteiger partial charge in [-0.1, -0.05) is 18.2 Å². The quantitative estimate of drug-likeness (QED) is 0.884. The van der Waals surface area contributed by atoms with Gasteiger partial charge in [0.1, 0.15) is 6.54 Å². The van der Waals surface area contributed by atoms with Crippen molar-refractivity contribution >= 4 is 16.8 Å². The number of carbonyl (C=O) groups excluding carboxylic acids is 1. The Morgan fingerprint density at radius 1 is 1.28 bits per heavy atom. The standard InChI is InChI=1S/C19H25N3O3/c1-14-11-19(24)22(17-6-4-3-5-16(14)17)13-18(23)20-12-15(2)21-7-9-25-10-8-21/h3-6,11,15H,7-10,12-13H2,1-2H3,(H,20,23)/t15-/m1/s1. The smallest absolute Gasteiger partial charge is 0.251 e. The number of aryl methyl sites for hydroxylation is 1. The Hall–Kier alpha value is -2.18. The van der Waals surface area contributed by atoms with E-state index >= 15 is 0 Å². The summed E-state index contributed by atoms with van der Waals surface area (Å²) < 4.78 is 6.89. The zero-order valence-electron chi connectivity index (χ0n) is 14.8. The molecule has 2 heterocycles. The van der Waals surface area contributed by atoms with Gasteiger partial charge in [-0.2, -0.15) is 0 Å². The van der Waals surface area contributed by atoms with Crippen LogP contribution in [0.2, 0.25) is 0 Å². The van der Waals surface area contributed by atoms with E-state index in [1.807, 2.05) is 31.2 Å². The van der Waals surface area contributed by atoms with Crippen molar-refractivity contribution in [2.24, 2.45) is 0 Å². The lowest BCUT2D eigenvalue weighted by atomic mass is 10.1. The van der Waals surface area contributed by atoms with Crippen LogP contribution in [-0.4, -0.2) is 54.3 Å². The molecule has 1 aliphatic heterocycles. The molecule has 1 N–H and O–H groups in total. The van der Waals surface area contributed by atoms with Gasteiger partial charge >= 0.3 is 0 Å². The van der Waals surface area contributed by atoms with Crippen LogP contribution in [0.5, 0.6) is 0 Å². The van der Waals surface area contributed by atoms with Gasteiger partial charge in [-0.05, 0) is 25.5 Å². The molecule has 0 radical (unpaired) electrons. The first-order chi connectivity index (χ1) is 12.1.